The maximum atomic E-state index is 11.3. The summed E-state index contributed by atoms with van der Waals surface area (Å²) >= 11 is 0. The number of ether oxygens (including phenoxy) is 1. The summed E-state index contributed by atoms with van der Waals surface area (Å²) in [7, 11) is 0. The van der Waals surface area contributed by atoms with Crippen molar-refractivity contribution in [2.75, 3.05) is 6.61 Å². The third-order valence-corrected chi connectivity index (χ3v) is 3.12. The molecule has 0 fully saturated rings. The molecule has 100 valence electrons. The fourth-order valence-corrected chi connectivity index (χ4v) is 2.23. The lowest BCUT2D eigenvalue weighted by Crippen LogP contribution is -2.03. The Hall–Kier alpha value is -2.17. The number of carbonyl (C=O) groups excluding carboxylic acids is 1. The van der Waals surface area contributed by atoms with Crippen molar-refractivity contribution in [3.8, 4) is 0 Å². The zero-order chi connectivity index (χ0) is 13.8. The lowest BCUT2D eigenvalue weighted by molar-refractivity contribution is -0.384. The molecule has 0 saturated heterocycles. The van der Waals surface area contributed by atoms with Gasteiger partial charge in [0.1, 0.15) is 0 Å². The van der Waals surface area contributed by atoms with Gasteiger partial charge in [-0.2, -0.15) is 0 Å². The highest BCUT2D eigenvalue weighted by atomic mass is 16.6. The van der Waals surface area contributed by atoms with E-state index in [-0.39, 0.29) is 11.7 Å². The smallest absolute Gasteiger partial charge is 0.306 e. The molecule has 2 rings (SSSR count). The first-order valence-electron chi connectivity index (χ1n) is 6.24. The molecule has 1 aromatic carbocycles. The maximum Gasteiger partial charge on any atom is 0.306 e. The summed E-state index contributed by atoms with van der Waals surface area (Å²) in [5, 5.41) is 10.7. The Morgan fingerprint density at radius 2 is 2.26 bits per heavy atom. The third kappa shape index (κ3) is 2.99. The van der Waals surface area contributed by atoms with Crippen LogP contribution in [0.4, 0.5) is 5.69 Å². The van der Waals surface area contributed by atoms with E-state index in [0.29, 0.717) is 25.9 Å². The van der Waals surface area contributed by atoms with Crippen molar-refractivity contribution in [3.05, 3.63) is 45.5 Å². The van der Waals surface area contributed by atoms with Crippen LogP contribution in [-0.4, -0.2) is 17.5 Å². The monoisotopic (exact) mass is 261 g/mol. The molecule has 1 aliphatic rings. The van der Waals surface area contributed by atoms with Gasteiger partial charge in [-0.15, -0.1) is 0 Å². The van der Waals surface area contributed by atoms with Crippen molar-refractivity contribution in [1.82, 2.24) is 0 Å². The Labute approximate surface area is 111 Å². The molecule has 5 heteroatoms. The van der Waals surface area contributed by atoms with Crippen LogP contribution in [0.25, 0.3) is 5.57 Å². The van der Waals surface area contributed by atoms with Crippen molar-refractivity contribution >= 4 is 17.2 Å². The Balaban J connectivity index is 2.05. The Kier molecular flexibility index (Phi) is 3.94. The molecule has 0 spiro atoms. The van der Waals surface area contributed by atoms with Crippen LogP contribution in [0.2, 0.25) is 0 Å². The zero-order valence-electron chi connectivity index (χ0n) is 10.7. The molecule has 19 heavy (non-hydrogen) atoms. The third-order valence-electron chi connectivity index (χ3n) is 3.12. The van der Waals surface area contributed by atoms with E-state index in [0.717, 1.165) is 16.7 Å². The number of allylic oxidation sites excluding steroid dienone is 2. The molecular formula is C14H15NO4. The van der Waals surface area contributed by atoms with E-state index in [9.17, 15) is 14.9 Å². The second-order valence-corrected chi connectivity index (χ2v) is 4.34. The Morgan fingerprint density at radius 1 is 1.47 bits per heavy atom. The summed E-state index contributed by atoms with van der Waals surface area (Å²) in [5.41, 5.74) is 3.14. The van der Waals surface area contributed by atoms with Gasteiger partial charge >= 0.3 is 5.97 Å². The number of benzene rings is 1. The van der Waals surface area contributed by atoms with Crippen LogP contribution in [-0.2, 0) is 16.0 Å². The van der Waals surface area contributed by atoms with E-state index in [1.165, 1.54) is 6.07 Å². The molecule has 0 unspecified atom stereocenters. The molecule has 1 aromatic rings. The second-order valence-electron chi connectivity index (χ2n) is 4.34. The normalized spacial score (nSPS) is 12.8. The van der Waals surface area contributed by atoms with Crippen LogP contribution in [0.3, 0.4) is 0 Å². The molecule has 0 atom stereocenters. The Bertz CT molecular complexity index is 548. The van der Waals surface area contributed by atoms with Gasteiger partial charge in [-0.3, -0.25) is 14.9 Å². The minimum absolute atomic E-state index is 0.110. The van der Waals surface area contributed by atoms with Crippen LogP contribution in [0, 0.1) is 10.1 Å². The van der Waals surface area contributed by atoms with Gasteiger partial charge < -0.3 is 4.74 Å². The van der Waals surface area contributed by atoms with E-state index in [1.807, 2.05) is 6.08 Å². The average molecular weight is 261 g/mol. The minimum atomic E-state index is -0.392. The summed E-state index contributed by atoms with van der Waals surface area (Å²) in [6.45, 7) is 2.17. The van der Waals surface area contributed by atoms with Crippen molar-refractivity contribution in [3.63, 3.8) is 0 Å². The van der Waals surface area contributed by atoms with Crippen LogP contribution >= 0.6 is 0 Å². The lowest BCUT2D eigenvalue weighted by Gasteiger charge is -2.05. The SMILES string of the molecule is CCOC(=O)CCC1=CCc2cc([N+](=O)[O-])ccc21. The average Bonchev–Trinajstić information content (AvgIpc) is 2.79. The summed E-state index contributed by atoms with van der Waals surface area (Å²) in [4.78, 5) is 21.6. The molecule has 0 amide bonds. The van der Waals surface area contributed by atoms with Crippen LogP contribution in [0.15, 0.2) is 24.3 Å². The molecule has 0 aliphatic heterocycles. The fourth-order valence-electron chi connectivity index (χ4n) is 2.23. The number of carbonyl (C=O) groups is 1. The first kappa shape index (κ1) is 13.3. The quantitative estimate of drug-likeness (QED) is 0.464. The predicted molar refractivity (Wildman–Crippen MR) is 70.6 cm³/mol. The molecule has 0 heterocycles. The maximum absolute atomic E-state index is 11.3. The van der Waals surface area contributed by atoms with Crippen molar-refractivity contribution in [2.24, 2.45) is 0 Å². The van der Waals surface area contributed by atoms with Gasteiger partial charge in [0.05, 0.1) is 11.5 Å². The van der Waals surface area contributed by atoms with Gasteiger partial charge in [0.15, 0.2) is 0 Å². The number of rotatable bonds is 5. The highest BCUT2D eigenvalue weighted by Crippen LogP contribution is 2.32. The van der Waals surface area contributed by atoms with Gasteiger partial charge in [0, 0.05) is 18.6 Å². The van der Waals surface area contributed by atoms with E-state index in [4.69, 9.17) is 4.74 Å². The molecule has 0 N–H and O–H groups in total. The molecule has 0 saturated carbocycles. The lowest BCUT2D eigenvalue weighted by atomic mass is 10.0. The summed E-state index contributed by atoms with van der Waals surface area (Å²) in [6, 6.07) is 4.86. The number of non-ortho nitro benzene ring substituents is 1. The van der Waals surface area contributed by atoms with Crippen molar-refractivity contribution in [1.29, 1.82) is 0 Å². The van der Waals surface area contributed by atoms with Crippen LogP contribution < -0.4 is 0 Å². The summed E-state index contributed by atoms with van der Waals surface area (Å²) in [6.07, 6.45) is 3.67. The molecule has 5 nitrogen and oxygen atoms in total. The largest absolute Gasteiger partial charge is 0.466 e. The van der Waals surface area contributed by atoms with Gasteiger partial charge in [-0.05, 0) is 42.5 Å². The number of hydrogen-bond acceptors (Lipinski definition) is 4. The van der Waals surface area contributed by atoms with E-state index < -0.39 is 4.92 Å². The zero-order valence-corrected chi connectivity index (χ0v) is 10.7. The standard InChI is InChI=1S/C14H15NO4/c1-2-19-14(16)8-5-10-3-4-11-9-12(15(17)18)6-7-13(10)11/h3,6-7,9H,2,4-5,8H2,1H3. The summed E-state index contributed by atoms with van der Waals surface area (Å²) < 4.78 is 4.88. The number of fused-ring (bicyclic) bond motifs is 1. The molecule has 0 bridgehead atoms. The molecular weight excluding hydrogens is 246 g/mol. The topological polar surface area (TPSA) is 69.4 Å². The van der Waals surface area contributed by atoms with Crippen molar-refractivity contribution in [2.45, 2.75) is 26.2 Å². The number of nitro benzene ring substituents is 1. The van der Waals surface area contributed by atoms with E-state index >= 15 is 0 Å². The van der Waals surface area contributed by atoms with Gasteiger partial charge in [0.25, 0.3) is 5.69 Å². The van der Waals surface area contributed by atoms with Gasteiger partial charge in [-0.1, -0.05) is 6.08 Å². The first-order chi connectivity index (χ1) is 9.11. The molecule has 0 radical (unpaired) electrons. The predicted octanol–water partition coefficient (Wildman–Crippen LogP) is 2.88. The highest BCUT2D eigenvalue weighted by molar-refractivity contribution is 5.78. The van der Waals surface area contributed by atoms with E-state index in [1.54, 1.807) is 19.1 Å². The van der Waals surface area contributed by atoms with Crippen LogP contribution in [0.5, 0.6) is 0 Å². The molecule has 0 aromatic heterocycles. The number of nitrogens with zero attached hydrogens (tertiary/aromatic N) is 1. The van der Waals surface area contributed by atoms with E-state index in [2.05, 4.69) is 0 Å². The highest BCUT2D eigenvalue weighted by Gasteiger charge is 2.18. The fraction of sp³-hybridized carbons (Fsp3) is 0.357. The molecule has 1 aliphatic carbocycles. The Morgan fingerprint density at radius 3 is 2.95 bits per heavy atom. The van der Waals surface area contributed by atoms with Gasteiger partial charge in [0.2, 0.25) is 0 Å². The summed E-state index contributed by atoms with van der Waals surface area (Å²) in [5.74, 6) is -0.209. The first-order valence-corrected chi connectivity index (χ1v) is 6.24. The van der Waals surface area contributed by atoms with Gasteiger partial charge in [-0.25, -0.2) is 0 Å². The van der Waals surface area contributed by atoms with Crippen molar-refractivity contribution < 1.29 is 14.5 Å². The van der Waals surface area contributed by atoms with Crippen LogP contribution in [0.1, 0.15) is 30.9 Å². The number of hydrogen-bond donors (Lipinski definition) is 0. The second kappa shape index (κ2) is 5.65. The minimum Gasteiger partial charge on any atom is -0.466 e. The number of esters is 1. The number of nitro groups is 1.